The molecule has 0 saturated carbocycles. The Morgan fingerprint density at radius 2 is 2.03 bits per heavy atom. The molecule has 2 aromatic carbocycles. The maximum atomic E-state index is 12.9. The summed E-state index contributed by atoms with van der Waals surface area (Å²) in [4.78, 5) is 23.3. The quantitative estimate of drug-likeness (QED) is 0.346. The van der Waals surface area contributed by atoms with Crippen LogP contribution in [0.2, 0.25) is 5.02 Å². The summed E-state index contributed by atoms with van der Waals surface area (Å²) in [6.07, 6.45) is -1.39. The Morgan fingerprint density at radius 1 is 1.28 bits per heavy atom. The molecule has 32 heavy (non-hydrogen) atoms. The minimum atomic E-state index is -4.58. The molecule has 0 radical (unpaired) electrons. The summed E-state index contributed by atoms with van der Waals surface area (Å²) in [6.45, 7) is 1.75. The van der Waals surface area contributed by atoms with Gasteiger partial charge < -0.3 is 10.1 Å². The van der Waals surface area contributed by atoms with E-state index in [1.54, 1.807) is 6.92 Å². The largest absolute Gasteiger partial charge is 0.457 e. The van der Waals surface area contributed by atoms with Crippen molar-refractivity contribution < 1.29 is 27.6 Å². The molecule has 1 atom stereocenters. The van der Waals surface area contributed by atoms with E-state index in [9.17, 15) is 28.1 Å². The number of rotatable bonds is 7. The number of anilines is 1. The lowest BCUT2D eigenvalue weighted by molar-refractivity contribution is -0.384. The number of halogens is 4. The van der Waals surface area contributed by atoms with Crippen LogP contribution in [0.1, 0.15) is 24.9 Å². The molecule has 1 heterocycles. The van der Waals surface area contributed by atoms with Gasteiger partial charge in [0.1, 0.15) is 17.5 Å². The van der Waals surface area contributed by atoms with E-state index < -0.39 is 34.3 Å². The molecule has 0 aliphatic carbocycles. The maximum absolute atomic E-state index is 12.9. The van der Waals surface area contributed by atoms with E-state index in [1.165, 1.54) is 29.2 Å². The molecule has 0 saturated heterocycles. The number of nitro benzene ring substituents is 1. The standard InChI is InChI=1S/C20H16ClF3N4O4/c1-2-18(27-11-13(21)10-25-27)19(29)26-14-7-15(28(30)31)9-17(8-14)32-16-5-3-4-12(6-16)20(22,23)24/h3-11,18H,2H2,1H3,(H,26,29). The number of nitro groups is 1. The monoisotopic (exact) mass is 468 g/mol. The number of ether oxygens (including phenoxy) is 1. The third kappa shape index (κ3) is 5.55. The van der Waals surface area contributed by atoms with Gasteiger partial charge in [0.2, 0.25) is 5.91 Å². The van der Waals surface area contributed by atoms with Gasteiger partial charge in [0, 0.05) is 18.3 Å². The Morgan fingerprint density at radius 3 is 2.62 bits per heavy atom. The molecular weight excluding hydrogens is 453 g/mol. The van der Waals surface area contributed by atoms with E-state index >= 15 is 0 Å². The molecule has 8 nitrogen and oxygen atoms in total. The molecule has 1 unspecified atom stereocenters. The average Bonchev–Trinajstić information content (AvgIpc) is 3.13. The van der Waals surface area contributed by atoms with Gasteiger partial charge in [-0.3, -0.25) is 19.6 Å². The second kappa shape index (κ2) is 9.27. The van der Waals surface area contributed by atoms with E-state index in [1.807, 2.05) is 0 Å². The van der Waals surface area contributed by atoms with Crippen LogP contribution in [0.3, 0.4) is 0 Å². The molecule has 0 aliphatic heterocycles. The van der Waals surface area contributed by atoms with Crippen LogP contribution in [0.5, 0.6) is 11.5 Å². The molecule has 1 N–H and O–H groups in total. The third-order valence-electron chi connectivity index (χ3n) is 4.35. The molecule has 0 spiro atoms. The first-order valence-electron chi connectivity index (χ1n) is 9.22. The lowest BCUT2D eigenvalue weighted by Crippen LogP contribution is -2.26. The van der Waals surface area contributed by atoms with Crippen LogP contribution in [0.15, 0.2) is 54.9 Å². The highest BCUT2D eigenvalue weighted by Crippen LogP contribution is 2.34. The van der Waals surface area contributed by atoms with Gasteiger partial charge in [0.25, 0.3) is 5.69 Å². The predicted octanol–water partition coefficient (Wildman–Crippen LogP) is 5.85. The van der Waals surface area contributed by atoms with E-state index in [4.69, 9.17) is 16.3 Å². The van der Waals surface area contributed by atoms with Crippen LogP contribution < -0.4 is 10.1 Å². The topological polar surface area (TPSA) is 99.3 Å². The second-order valence-electron chi connectivity index (χ2n) is 6.65. The fourth-order valence-corrected chi connectivity index (χ4v) is 3.04. The van der Waals surface area contributed by atoms with Crippen LogP contribution in [-0.2, 0) is 11.0 Å². The molecule has 1 amide bonds. The van der Waals surface area contributed by atoms with Crippen LogP contribution in [0.4, 0.5) is 24.5 Å². The number of nitrogens with zero attached hydrogens (tertiary/aromatic N) is 3. The summed E-state index contributed by atoms with van der Waals surface area (Å²) in [5.41, 5.74) is -1.32. The highest BCUT2D eigenvalue weighted by atomic mass is 35.5. The number of benzene rings is 2. The summed E-state index contributed by atoms with van der Waals surface area (Å²) < 4.78 is 45.5. The SMILES string of the molecule is CCC(C(=O)Nc1cc(Oc2cccc(C(F)(F)F)c2)cc([N+](=O)[O-])c1)n1cc(Cl)cn1. The van der Waals surface area contributed by atoms with Gasteiger partial charge in [-0.25, -0.2) is 0 Å². The third-order valence-corrected chi connectivity index (χ3v) is 4.54. The van der Waals surface area contributed by atoms with Crippen molar-refractivity contribution in [3.05, 3.63) is 75.6 Å². The van der Waals surface area contributed by atoms with Gasteiger partial charge in [-0.2, -0.15) is 18.3 Å². The van der Waals surface area contributed by atoms with Crippen LogP contribution in [-0.4, -0.2) is 20.6 Å². The fourth-order valence-electron chi connectivity index (χ4n) is 2.90. The van der Waals surface area contributed by atoms with Crippen LogP contribution in [0, 0.1) is 10.1 Å². The molecule has 168 valence electrons. The van der Waals surface area contributed by atoms with Crippen molar-refractivity contribution in [1.29, 1.82) is 0 Å². The minimum Gasteiger partial charge on any atom is -0.457 e. The number of alkyl halides is 3. The summed E-state index contributed by atoms with van der Waals surface area (Å²) in [6, 6.07) is 6.76. The summed E-state index contributed by atoms with van der Waals surface area (Å²) in [7, 11) is 0. The second-order valence-corrected chi connectivity index (χ2v) is 7.09. The molecular formula is C20H16ClF3N4O4. The molecule has 12 heteroatoms. The summed E-state index contributed by atoms with van der Waals surface area (Å²) in [5.74, 6) is -0.808. The molecule has 0 fully saturated rings. The highest BCUT2D eigenvalue weighted by Gasteiger charge is 2.30. The number of aromatic nitrogens is 2. The highest BCUT2D eigenvalue weighted by molar-refractivity contribution is 6.30. The number of non-ortho nitro benzene ring substituents is 1. The van der Waals surface area contributed by atoms with E-state index in [-0.39, 0.29) is 17.2 Å². The Bertz CT molecular complexity index is 1150. The van der Waals surface area contributed by atoms with Gasteiger partial charge in [0.15, 0.2) is 0 Å². The van der Waals surface area contributed by atoms with Crippen molar-refractivity contribution >= 4 is 28.9 Å². The maximum Gasteiger partial charge on any atom is 0.416 e. The van der Waals surface area contributed by atoms with Crippen molar-refractivity contribution in [3.63, 3.8) is 0 Å². The zero-order valence-electron chi connectivity index (χ0n) is 16.5. The molecule has 3 rings (SSSR count). The van der Waals surface area contributed by atoms with E-state index in [2.05, 4.69) is 10.4 Å². The Labute approximate surface area is 184 Å². The first-order chi connectivity index (χ1) is 15.1. The number of amides is 1. The molecule has 0 aliphatic rings. The van der Waals surface area contributed by atoms with Gasteiger partial charge in [-0.15, -0.1) is 0 Å². The normalized spacial score (nSPS) is 12.3. The summed E-state index contributed by atoms with van der Waals surface area (Å²) >= 11 is 5.84. The number of nitrogens with one attached hydrogen (secondary N) is 1. The van der Waals surface area contributed by atoms with Crippen LogP contribution in [0.25, 0.3) is 0 Å². The Kier molecular flexibility index (Phi) is 6.68. The minimum absolute atomic E-state index is 0.0304. The van der Waals surface area contributed by atoms with Crippen molar-refractivity contribution in [1.82, 2.24) is 9.78 Å². The zero-order chi connectivity index (χ0) is 23.5. The number of hydrogen-bond acceptors (Lipinski definition) is 5. The fraction of sp³-hybridized carbons (Fsp3) is 0.200. The number of carbonyl (C=O) groups excluding carboxylic acids is 1. The van der Waals surface area contributed by atoms with Crippen molar-refractivity contribution in [2.24, 2.45) is 0 Å². The lowest BCUT2D eigenvalue weighted by Gasteiger charge is -2.16. The van der Waals surface area contributed by atoms with Gasteiger partial charge in [0.05, 0.1) is 33.5 Å². The smallest absolute Gasteiger partial charge is 0.416 e. The lowest BCUT2D eigenvalue weighted by atomic mass is 10.2. The van der Waals surface area contributed by atoms with Gasteiger partial charge >= 0.3 is 6.18 Å². The molecule has 1 aromatic heterocycles. The summed E-state index contributed by atoms with van der Waals surface area (Å²) in [5, 5.41) is 18.2. The van der Waals surface area contributed by atoms with Gasteiger partial charge in [-0.05, 0) is 24.6 Å². The zero-order valence-corrected chi connectivity index (χ0v) is 17.2. The average molecular weight is 469 g/mol. The number of carbonyl (C=O) groups is 1. The first kappa shape index (κ1) is 23.1. The van der Waals surface area contributed by atoms with Gasteiger partial charge in [-0.1, -0.05) is 24.6 Å². The van der Waals surface area contributed by atoms with E-state index in [0.29, 0.717) is 11.4 Å². The Hall–Kier alpha value is -3.60. The van der Waals surface area contributed by atoms with Crippen molar-refractivity contribution in [2.75, 3.05) is 5.32 Å². The first-order valence-corrected chi connectivity index (χ1v) is 9.59. The van der Waals surface area contributed by atoms with E-state index in [0.717, 1.165) is 30.3 Å². The molecule has 3 aromatic rings. The predicted molar refractivity (Wildman–Crippen MR) is 110 cm³/mol. The molecule has 0 bridgehead atoms. The number of hydrogen-bond donors (Lipinski definition) is 1. The van der Waals surface area contributed by atoms with Crippen molar-refractivity contribution in [3.8, 4) is 11.5 Å². The van der Waals surface area contributed by atoms with Crippen molar-refractivity contribution in [2.45, 2.75) is 25.6 Å². The Balaban J connectivity index is 1.88. The van der Waals surface area contributed by atoms with Crippen LogP contribution >= 0.6 is 11.6 Å².